The summed E-state index contributed by atoms with van der Waals surface area (Å²) in [7, 11) is 1.72. The number of fused-ring (bicyclic) bond motifs is 5. The number of epoxide rings is 1. The molecular weight excluding hydrogens is 508 g/mol. The molecule has 0 aromatic rings. The number of esters is 1. The van der Waals surface area contributed by atoms with Crippen LogP contribution in [0.3, 0.4) is 0 Å². The molecule has 4 fully saturated rings. The van der Waals surface area contributed by atoms with E-state index < -0.39 is 28.5 Å². The van der Waals surface area contributed by atoms with Crippen LogP contribution in [0.2, 0.25) is 0 Å². The van der Waals surface area contributed by atoms with Gasteiger partial charge in [-0.05, 0) is 68.3 Å². The Morgan fingerprint density at radius 3 is 2.38 bits per heavy atom. The second-order valence-electron chi connectivity index (χ2n) is 15.4. The number of rotatable bonds is 4. The van der Waals surface area contributed by atoms with E-state index >= 15 is 0 Å². The topological polar surface area (TPSA) is 94.6 Å². The summed E-state index contributed by atoms with van der Waals surface area (Å²) >= 11 is 0. The van der Waals surface area contributed by atoms with Crippen LogP contribution < -0.4 is 0 Å². The zero-order valence-electron chi connectivity index (χ0n) is 25.7. The maximum absolute atomic E-state index is 13.1. The third-order valence-electron chi connectivity index (χ3n) is 12.5. The Bertz CT molecular complexity index is 1170. The second kappa shape index (κ2) is 8.75. The minimum atomic E-state index is -0.628. The molecule has 222 valence electrons. The summed E-state index contributed by atoms with van der Waals surface area (Å²) in [6, 6.07) is 0. The summed E-state index contributed by atoms with van der Waals surface area (Å²) in [6.07, 6.45) is 7.77. The zero-order chi connectivity index (χ0) is 29.2. The fourth-order valence-corrected chi connectivity index (χ4v) is 10.8. The molecule has 6 rings (SSSR count). The molecule has 6 aliphatic rings. The van der Waals surface area contributed by atoms with Gasteiger partial charge in [-0.3, -0.25) is 9.59 Å². The number of ketones is 1. The zero-order valence-corrected chi connectivity index (χ0v) is 25.7. The number of methoxy groups -OCH3 is 1. The molecule has 2 aliphatic heterocycles. The molecule has 2 saturated heterocycles. The third-order valence-corrected chi connectivity index (χ3v) is 12.5. The van der Waals surface area contributed by atoms with Gasteiger partial charge < -0.3 is 24.1 Å². The molecule has 1 unspecified atom stereocenters. The predicted molar refractivity (Wildman–Crippen MR) is 149 cm³/mol. The Labute approximate surface area is 239 Å². The minimum Gasteiger partial charge on any atom is -0.462 e. The molecule has 0 bridgehead atoms. The smallest absolute Gasteiger partial charge is 0.302 e. The van der Waals surface area contributed by atoms with E-state index in [0.29, 0.717) is 12.8 Å². The number of aliphatic hydroxyl groups excluding tert-OH is 1. The number of carbonyl (C=O) groups excluding carboxylic acids is 2. The molecule has 4 aliphatic carbocycles. The molecule has 0 radical (unpaired) electrons. The van der Waals surface area contributed by atoms with Gasteiger partial charge in [-0.15, -0.1) is 0 Å². The van der Waals surface area contributed by atoms with Gasteiger partial charge in [0.2, 0.25) is 0 Å². The first-order valence-electron chi connectivity index (χ1n) is 15.2. The highest BCUT2D eigenvalue weighted by molar-refractivity contribution is 5.95. The molecule has 0 amide bonds. The molecule has 0 spiro atoms. The van der Waals surface area contributed by atoms with Crippen LogP contribution >= 0.6 is 0 Å². The molecule has 40 heavy (non-hydrogen) atoms. The van der Waals surface area contributed by atoms with Crippen LogP contribution in [0, 0.1) is 45.3 Å². The van der Waals surface area contributed by atoms with E-state index in [4.69, 9.17) is 18.9 Å². The molecule has 7 nitrogen and oxygen atoms in total. The van der Waals surface area contributed by atoms with Gasteiger partial charge in [-0.1, -0.05) is 52.3 Å². The van der Waals surface area contributed by atoms with Crippen molar-refractivity contribution in [1.82, 2.24) is 0 Å². The number of ether oxygens (including phenoxy) is 4. The van der Waals surface area contributed by atoms with Gasteiger partial charge in [0.15, 0.2) is 12.1 Å². The number of allylic oxidation sites excluding steroid dienone is 3. The lowest BCUT2D eigenvalue weighted by atomic mass is 9.37. The SMILES string of the molecule is CO[C@@H]1O[C@H](C2OC2(C)C)C[C@@H]1[C@H]1CC=C2[C@@]3(C)[C@H]([C@H](O)C[C@@]21C)[C@@]1(C)C=CC(=O)C(C)(C)[C@@H]1C[C@H]3OC(C)=O. The van der Waals surface area contributed by atoms with Crippen LogP contribution in [0.25, 0.3) is 0 Å². The van der Waals surface area contributed by atoms with Crippen molar-refractivity contribution in [1.29, 1.82) is 0 Å². The maximum Gasteiger partial charge on any atom is 0.302 e. The van der Waals surface area contributed by atoms with E-state index in [-0.39, 0.29) is 64.9 Å². The number of aliphatic hydroxyl groups is 1. The van der Waals surface area contributed by atoms with Crippen LogP contribution in [0.15, 0.2) is 23.8 Å². The van der Waals surface area contributed by atoms with Crippen molar-refractivity contribution < 1.29 is 33.6 Å². The van der Waals surface area contributed by atoms with Crippen LogP contribution in [-0.2, 0) is 28.5 Å². The summed E-state index contributed by atoms with van der Waals surface area (Å²) in [6.45, 7) is 16.4. The molecule has 7 heteroatoms. The molecule has 0 aromatic heterocycles. The first kappa shape index (κ1) is 28.6. The highest BCUT2D eigenvalue weighted by Gasteiger charge is 2.71. The normalized spacial score (nSPS) is 51.9. The van der Waals surface area contributed by atoms with E-state index in [9.17, 15) is 14.7 Å². The van der Waals surface area contributed by atoms with Gasteiger partial charge in [-0.25, -0.2) is 0 Å². The van der Waals surface area contributed by atoms with Gasteiger partial charge in [-0.2, -0.15) is 0 Å². The molecule has 12 atom stereocenters. The van der Waals surface area contributed by atoms with Crippen LogP contribution in [0.5, 0.6) is 0 Å². The van der Waals surface area contributed by atoms with Crippen molar-refractivity contribution in [2.75, 3.05) is 7.11 Å². The lowest BCUT2D eigenvalue weighted by Crippen LogP contribution is -2.68. The Morgan fingerprint density at radius 1 is 1.10 bits per heavy atom. The fraction of sp³-hybridized carbons (Fsp3) is 0.818. The fourth-order valence-electron chi connectivity index (χ4n) is 10.8. The second-order valence-corrected chi connectivity index (χ2v) is 15.4. The van der Waals surface area contributed by atoms with Crippen LogP contribution in [0.4, 0.5) is 0 Å². The average Bonchev–Trinajstić information content (AvgIpc) is 3.14. The lowest BCUT2D eigenvalue weighted by molar-refractivity contribution is -0.212. The molecule has 2 heterocycles. The van der Waals surface area contributed by atoms with Crippen molar-refractivity contribution in [3.8, 4) is 0 Å². The van der Waals surface area contributed by atoms with Gasteiger partial charge in [0.25, 0.3) is 0 Å². The summed E-state index contributed by atoms with van der Waals surface area (Å²) in [5, 5.41) is 12.2. The van der Waals surface area contributed by atoms with Crippen molar-refractivity contribution >= 4 is 11.8 Å². The largest absolute Gasteiger partial charge is 0.462 e. The number of hydrogen-bond acceptors (Lipinski definition) is 7. The Hall–Kier alpha value is -1.54. The van der Waals surface area contributed by atoms with E-state index in [1.807, 2.05) is 13.8 Å². The predicted octanol–water partition coefficient (Wildman–Crippen LogP) is 5.00. The van der Waals surface area contributed by atoms with Crippen LogP contribution in [-0.4, -0.2) is 60.3 Å². The number of hydrogen-bond donors (Lipinski definition) is 1. The first-order chi connectivity index (χ1) is 18.5. The van der Waals surface area contributed by atoms with Crippen molar-refractivity contribution in [3.63, 3.8) is 0 Å². The van der Waals surface area contributed by atoms with Gasteiger partial charge in [0.1, 0.15) is 12.2 Å². The van der Waals surface area contributed by atoms with Crippen LogP contribution in [0.1, 0.15) is 81.1 Å². The summed E-state index contributed by atoms with van der Waals surface area (Å²) in [5.41, 5.74) is -0.811. The standard InChI is InChI=1S/C33H48O7/c1-17(34)38-25-15-23-29(2,3)24(36)12-13-31(23,6)26-20(35)16-32(7)19(10-11-22(32)33(25,26)8)18-14-21(39-28(18)37-9)27-30(4,5)40-27/h11-13,18-21,23,25-28,35H,10,14-16H2,1-9H3/t18-,19-,20-,21+,23+,25-,26-,27?,28-,31+,32-,33-/m1/s1. The monoisotopic (exact) mass is 556 g/mol. The summed E-state index contributed by atoms with van der Waals surface area (Å²) < 4.78 is 24.5. The highest BCUT2D eigenvalue weighted by Crippen LogP contribution is 2.73. The van der Waals surface area contributed by atoms with E-state index in [0.717, 1.165) is 12.8 Å². The van der Waals surface area contributed by atoms with Gasteiger partial charge in [0.05, 0.1) is 17.8 Å². The highest BCUT2D eigenvalue weighted by atomic mass is 16.7. The Kier molecular flexibility index (Phi) is 6.25. The third kappa shape index (κ3) is 3.69. The maximum atomic E-state index is 13.1. The number of carbonyl (C=O) groups is 2. The quantitative estimate of drug-likeness (QED) is 0.296. The van der Waals surface area contributed by atoms with E-state index in [2.05, 4.69) is 46.8 Å². The van der Waals surface area contributed by atoms with Crippen molar-refractivity contribution in [2.24, 2.45) is 45.3 Å². The lowest BCUT2D eigenvalue weighted by Gasteiger charge is -2.67. The Morgan fingerprint density at radius 2 is 1.77 bits per heavy atom. The van der Waals surface area contributed by atoms with E-state index in [1.165, 1.54) is 12.5 Å². The average molecular weight is 557 g/mol. The van der Waals surface area contributed by atoms with Gasteiger partial charge in [0, 0.05) is 36.7 Å². The van der Waals surface area contributed by atoms with Crippen molar-refractivity contribution in [2.45, 2.75) is 117 Å². The van der Waals surface area contributed by atoms with Crippen molar-refractivity contribution in [3.05, 3.63) is 23.8 Å². The molecule has 0 aromatic carbocycles. The minimum absolute atomic E-state index is 0.00950. The summed E-state index contributed by atoms with van der Waals surface area (Å²) in [5.74, 6) is -0.0996. The summed E-state index contributed by atoms with van der Waals surface area (Å²) in [4.78, 5) is 25.6. The molecule has 2 saturated carbocycles. The molecule has 1 N–H and O–H groups in total. The Balaban J connectivity index is 1.40. The first-order valence-corrected chi connectivity index (χ1v) is 15.2. The van der Waals surface area contributed by atoms with Gasteiger partial charge >= 0.3 is 5.97 Å². The van der Waals surface area contributed by atoms with E-state index in [1.54, 1.807) is 13.2 Å². The molecular formula is C33H48O7.